The molecule has 0 saturated heterocycles. The van der Waals surface area contributed by atoms with Gasteiger partial charge in [0.1, 0.15) is 22.5 Å². The van der Waals surface area contributed by atoms with Gasteiger partial charge in [-0.15, -0.1) is 0 Å². The molecule has 1 nitrogen and oxygen atoms in total. The first-order valence-electron chi connectivity index (χ1n) is 9.55. The molecule has 0 aromatic heterocycles. The highest BCUT2D eigenvalue weighted by Crippen LogP contribution is 2.36. The molecular formula is C26H19F2OS2+. The van der Waals surface area contributed by atoms with Crippen molar-refractivity contribution in [2.45, 2.75) is 24.5 Å². The average molecular weight is 450 g/mol. The number of hydrogen-bond donors (Lipinski definition) is 0. The fourth-order valence-electron chi connectivity index (χ4n) is 3.16. The first-order valence-corrected chi connectivity index (χ1v) is 11.9. The summed E-state index contributed by atoms with van der Waals surface area (Å²) < 4.78 is 40.7. The number of halogens is 2. The van der Waals surface area contributed by atoms with Crippen LogP contribution in [0.15, 0.2) is 128 Å². The lowest BCUT2D eigenvalue weighted by Gasteiger charge is -2.12. The van der Waals surface area contributed by atoms with Gasteiger partial charge in [0.05, 0.1) is 15.7 Å². The van der Waals surface area contributed by atoms with Crippen molar-refractivity contribution in [3.63, 3.8) is 0 Å². The molecule has 0 radical (unpaired) electrons. The summed E-state index contributed by atoms with van der Waals surface area (Å²) in [6.45, 7) is 3.75. The zero-order valence-electron chi connectivity index (χ0n) is 16.5. The number of rotatable bonds is 6. The molecule has 5 heteroatoms. The Morgan fingerprint density at radius 2 is 1.23 bits per heavy atom. The second-order valence-corrected chi connectivity index (χ2v) is 10.1. The van der Waals surface area contributed by atoms with Crippen molar-refractivity contribution in [1.29, 1.82) is 0 Å². The van der Waals surface area contributed by atoms with E-state index in [0.29, 0.717) is 9.79 Å². The predicted molar refractivity (Wildman–Crippen MR) is 123 cm³/mol. The van der Waals surface area contributed by atoms with Crippen molar-refractivity contribution in [3.05, 3.63) is 121 Å². The number of hydrogen-bond acceptors (Lipinski definition) is 1. The first-order chi connectivity index (χ1) is 15.1. The predicted octanol–water partition coefficient (Wildman–Crippen LogP) is 6.87. The van der Waals surface area contributed by atoms with E-state index in [2.05, 4.69) is 6.58 Å². The molecule has 0 fully saturated rings. The molecule has 4 aromatic carbocycles. The summed E-state index contributed by atoms with van der Waals surface area (Å²) in [5.74, 6) is -0.656. The van der Waals surface area contributed by atoms with E-state index in [1.165, 1.54) is 24.3 Å². The van der Waals surface area contributed by atoms with E-state index in [-0.39, 0.29) is 11.6 Å². The maximum atomic E-state index is 13.6. The van der Waals surface area contributed by atoms with Gasteiger partial charge in [0.25, 0.3) is 0 Å². The molecule has 1 unspecified atom stereocenters. The van der Waals surface area contributed by atoms with E-state index in [0.717, 1.165) is 20.2 Å². The van der Waals surface area contributed by atoms with Gasteiger partial charge >= 0.3 is 0 Å². The zero-order valence-corrected chi connectivity index (χ0v) is 18.1. The minimum Gasteiger partial charge on any atom is -0.249 e. The van der Waals surface area contributed by atoms with Gasteiger partial charge in [-0.25, -0.2) is 13.0 Å². The maximum Gasteiger partial charge on any atom is 0.183 e. The second kappa shape index (κ2) is 9.41. The van der Waals surface area contributed by atoms with E-state index < -0.39 is 21.7 Å². The minimum atomic E-state index is -1.42. The highest BCUT2D eigenvalue weighted by molar-refractivity contribution is 7.97. The van der Waals surface area contributed by atoms with Crippen molar-refractivity contribution in [2.24, 2.45) is 0 Å². The third-order valence-corrected chi connectivity index (χ3v) is 8.57. The molecule has 1 atom stereocenters. The fourth-order valence-corrected chi connectivity index (χ4v) is 6.81. The van der Waals surface area contributed by atoms with Crippen molar-refractivity contribution < 1.29 is 13.0 Å². The van der Waals surface area contributed by atoms with Crippen LogP contribution >= 0.6 is 0 Å². The topological polar surface area (TPSA) is 17.1 Å². The van der Waals surface area contributed by atoms with E-state index >= 15 is 0 Å². The fraction of sp³-hybridized carbons (Fsp3) is 0. The first kappa shape index (κ1) is 21.2. The summed E-state index contributed by atoms with van der Waals surface area (Å²) in [6, 6.07) is 27.5. The number of benzene rings is 4. The molecular weight excluding hydrogens is 430 g/mol. The standard InChI is InChI=1S/C26H19F2OS2/c1-2-19-7-13-24(14-8-19)31(29)26-6-4-3-5-25(26)30(22-15-9-20(27)10-16-22)23-17-11-21(28)12-18-23/h2-18H,1H2/q+1. The summed E-state index contributed by atoms with van der Waals surface area (Å²) in [5, 5.41) is 0. The Hall–Kier alpha value is -3.02. The third-order valence-electron chi connectivity index (χ3n) is 4.70. The molecule has 4 aromatic rings. The Morgan fingerprint density at radius 1 is 0.710 bits per heavy atom. The van der Waals surface area contributed by atoms with Gasteiger partial charge in [0.15, 0.2) is 14.7 Å². The second-order valence-electron chi connectivity index (χ2n) is 6.70. The van der Waals surface area contributed by atoms with Crippen LogP contribution in [-0.2, 0) is 21.7 Å². The SMILES string of the molecule is C=Cc1ccc(S(=O)c2ccccc2[S+](c2ccc(F)cc2)c2ccc(F)cc2)cc1. The van der Waals surface area contributed by atoms with Crippen LogP contribution in [0.1, 0.15) is 5.56 Å². The van der Waals surface area contributed by atoms with E-state index in [1.807, 2.05) is 48.5 Å². The van der Waals surface area contributed by atoms with Gasteiger partial charge < -0.3 is 0 Å². The zero-order chi connectivity index (χ0) is 21.8. The maximum absolute atomic E-state index is 13.6. The molecule has 0 heterocycles. The van der Waals surface area contributed by atoms with E-state index in [9.17, 15) is 13.0 Å². The highest BCUT2D eigenvalue weighted by Gasteiger charge is 2.33. The average Bonchev–Trinajstić information content (AvgIpc) is 2.81. The van der Waals surface area contributed by atoms with Crippen LogP contribution in [0.25, 0.3) is 6.08 Å². The van der Waals surface area contributed by atoms with Crippen LogP contribution in [0.2, 0.25) is 0 Å². The lowest BCUT2D eigenvalue weighted by atomic mass is 10.2. The smallest absolute Gasteiger partial charge is 0.183 e. The van der Waals surface area contributed by atoms with Crippen LogP contribution in [0.3, 0.4) is 0 Å². The van der Waals surface area contributed by atoms with Crippen molar-refractivity contribution >= 4 is 27.8 Å². The van der Waals surface area contributed by atoms with Gasteiger partial charge in [-0.3, -0.25) is 0 Å². The van der Waals surface area contributed by atoms with Crippen LogP contribution < -0.4 is 0 Å². The molecule has 0 bridgehead atoms. The Labute approximate surface area is 185 Å². The molecule has 4 rings (SSSR count). The summed E-state index contributed by atoms with van der Waals surface area (Å²) in [6.07, 6.45) is 1.74. The van der Waals surface area contributed by atoms with Gasteiger partial charge in [-0.2, -0.15) is 0 Å². The molecule has 0 amide bonds. The van der Waals surface area contributed by atoms with Crippen LogP contribution in [0.4, 0.5) is 8.78 Å². The van der Waals surface area contributed by atoms with Crippen molar-refractivity contribution in [1.82, 2.24) is 0 Å². The summed E-state index contributed by atoms with van der Waals surface area (Å²) in [4.78, 5) is 3.93. The van der Waals surface area contributed by atoms with Gasteiger partial charge in [0.2, 0.25) is 0 Å². The molecule has 0 aliphatic heterocycles. The van der Waals surface area contributed by atoms with Gasteiger partial charge in [-0.05, 0) is 78.4 Å². The molecule has 0 N–H and O–H groups in total. The monoisotopic (exact) mass is 449 g/mol. The highest BCUT2D eigenvalue weighted by atomic mass is 32.2. The molecule has 0 spiro atoms. The Balaban J connectivity index is 1.85. The van der Waals surface area contributed by atoms with Crippen LogP contribution in [-0.4, -0.2) is 4.21 Å². The molecule has 154 valence electrons. The van der Waals surface area contributed by atoms with Crippen molar-refractivity contribution in [3.8, 4) is 0 Å². The van der Waals surface area contributed by atoms with Gasteiger partial charge in [-0.1, -0.05) is 36.9 Å². The molecule has 0 aliphatic carbocycles. The largest absolute Gasteiger partial charge is 0.249 e. The minimum absolute atomic E-state index is 0.328. The Bertz CT molecular complexity index is 1170. The van der Waals surface area contributed by atoms with Crippen LogP contribution in [0, 0.1) is 11.6 Å². The molecule has 0 saturated carbocycles. The van der Waals surface area contributed by atoms with Crippen molar-refractivity contribution in [2.75, 3.05) is 0 Å². The van der Waals surface area contributed by atoms with E-state index in [4.69, 9.17) is 0 Å². The Morgan fingerprint density at radius 3 is 1.74 bits per heavy atom. The lowest BCUT2D eigenvalue weighted by molar-refractivity contribution is 0.626. The summed E-state index contributed by atoms with van der Waals surface area (Å²) in [5.41, 5.74) is 0.950. The van der Waals surface area contributed by atoms with Crippen LogP contribution in [0.5, 0.6) is 0 Å². The summed E-state index contributed by atoms with van der Waals surface area (Å²) in [7, 11) is -2.11. The molecule has 31 heavy (non-hydrogen) atoms. The lowest BCUT2D eigenvalue weighted by Crippen LogP contribution is -2.09. The summed E-state index contributed by atoms with van der Waals surface area (Å²) >= 11 is 0. The quantitative estimate of drug-likeness (QED) is 0.294. The van der Waals surface area contributed by atoms with E-state index in [1.54, 1.807) is 30.3 Å². The van der Waals surface area contributed by atoms with Gasteiger partial charge in [0, 0.05) is 4.90 Å². The molecule has 0 aliphatic rings. The normalized spacial score (nSPS) is 12.0. The Kier molecular flexibility index (Phi) is 6.44. The third kappa shape index (κ3) is 4.68.